The van der Waals surface area contributed by atoms with E-state index in [0.29, 0.717) is 0 Å². The second-order valence-electron chi connectivity index (χ2n) is 24.7. The quantitative estimate of drug-likeness (QED) is 0.147. The average molecular weight is 1030 g/mol. The van der Waals surface area contributed by atoms with E-state index < -0.39 is 0 Å². The van der Waals surface area contributed by atoms with E-state index in [4.69, 9.17) is 0 Å². The highest BCUT2D eigenvalue weighted by molar-refractivity contribution is 7.33. The van der Waals surface area contributed by atoms with E-state index in [2.05, 4.69) is 302 Å². The lowest BCUT2D eigenvalue weighted by Crippen LogP contribution is -2.60. The second-order valence-corrected chi connectivity index (χ2v) is 25.8. The number of anilines is 9. The molecule has 0 spiro atoms. The molecule has 2 aliphatic rings. The first-order valence-electron chi connectivity index (χ1n) is 27.7. The van der Waals surface area contributed by atoms with E-state index in [1.54, 1.807) is 0 Å². The lowest BCUT2D eigenvalue weighted by atomic mass is 9.36. The number of fused-ring (bicyclic) bond motifs is 7. The second kappa shape index (κ2) is 18.5. The number of hydrogen-bond acceptors (Lipinski definition) is 4. The van der Waals surface area contributed by atoms with E-state index >= 15 is 0 Å². The number of thiophene rings is 1. The predicted molar refractivity (Wildman–Crippen MR) is 340 cm³/mol. The summed E-state index contributed by atoms with van der Waals surface area (Å²) in [5, 5.41) is 3.74. The highest BCUT2D eigenvalue weighted by atomic mass is 32.1. The van der Waals surface area contributed by atoms with E-state index in [0.717, 1.165) is 22.7 Å². The average Bonchev–Trinajstić information content (AvgIpc) is 4.01. The smallest absolute Gasteiger partial charge is 0.264 e. The van der Waals surface area contributed by atoms with Crippen molar-refractivity contribution in [3.63, 3.8) is 0 Å². The minimum atomic E-state index is -0.0526. The van der Waals surface area contributed by atoms with Gasteiger partial charge in [0, 0.05) is 60.1 Å². The Bertz CT molecular complexity index is 4100. The number of rotatable bonds is 7. The highest BCUT2D eigenvalue weighted by Crippen LogP contribution is 2.52. The monoisotopic (exact) mass is 1030 g/mol. The van der Waals surface area contributed by atoms with E-state index in [-0.39, 0.29) is 23.0 Å². The molecule has 382 valence electrons. The lowest BCUT2D eigenvalue weighted by Gasteiger charge is -2.44. The van der Waals surface area contributed by atoms with Crippen molar-refractivity contribution < 1.29 is 0 Å². The fraction of sp³-hybridized carbons (Fsp3) is 0.178. The van der Waals surface area contributed by atoms with E-state index in [9.17, 15) is 0 Å². The van der Waals surface area contributed by atoms with Crippen LogP contribution in [0, 0.1) is 6.92 Å². The van der Waals surface area contributed by atoms with Crippen LogP contribution < -0.4 is 30.4 Å². The first-order valence-corrected chi connectivity index (χ1v) is 28.5. The van der Waals surface area contributed by atoms with Crippen molar-refractivity contribution in [1.82, 2.24) is 0 Å². The topological polar surface area (TPSA) is 9.72 Å². The van der Waals surface area contributed by atoms with Crippen molar-refractivity contribution in [3.8, 4) is 22.3 Å². The molecule has 0 radical (unpaired) electrons. The minimum Gasteiger partial charge on any atom is -0.311 e. The van der Waals surface area contributed by atoms with Crippen LogP contribution in [-0.4, -0.2) is 6.71 Å². The van der Waals surface area contributed by atoms with Crippen LogP contribution in [0.1, 0.15) is 84.6 Å². The molecule has 0 N–H and O–H groups in total. The molecule has 11 aromatic rings. The molecule has 78 heavy (non-hydrogen) atoms. The standard InChI is InChI=1S/C73H66BN3S/c1-47-43-64-68-65(44-47)77(62-41-29-49-23-17-18-27-58(49)67(62)50-24-15-12-16-25-50)63-46-56(75(54-35-30-51(31-36-54)71(2,3)4)61-28-20-19-26-57(61)48-21-13-11-14-22-48)39-40-60(63)74(68)70-69(59-45-53(73(8,9)10)34-42-66(59)78-70)76(64)55-37-32-52(33-38-55)72(5,6)7/h11-46H,1-10H3. The normalized spacial score (nSPS) is 13.2. The van der Waals surface area contributed by atoms with Gasteiger partial charge in [-0.1, -0.05) is 208 Å². The van der Waals surface area contributed by atoms with Gasteiger partial charge in [0.15, 0.2) is 0 Å². The van der Waals surface area contributed by atoms with Crippen molar-refractivity contribution in [2.45, 2.75) is 85.5 Å². The molecule has 0 aliphatic carbocycles. The summed E-state index contributed by atoms with van der Waals surface area (Å²) in [6, 6.07) is 82.7. The molecule has 0 bridgehead atoms. The zero-order chi connectivity index (χ0) is 53.8. The Hall–Kier alpha value is -8.12. The van der Waals surface area contributed by atoms with E-state index in [1.807, 2.05) is 11.3 Å². The zero-order valence-electron chi connectivity index (χ0n) is 46.6. The molecule has 0 atom stereocenters. The van der Waals surface area contributed by atoms with Crippen molar-refractivity contribution in [2.24, 2.45) is 0 Å². The molecular formula is C73H66BN3S. The lowest BCUT2D eigenvalue weighted by molar-refractivity contribution is 0.590. The third-order valence-electron chi connectivity index (χ3n) is 16.3. The third kappa shape index (κ3) is 8.33. The summed E-state index contributed by atoms with van der Waals surface area (Å²) < 4.78 is 2.67. The predicted octanol–water partition coefficient (Wildman–Crippen LogP) is 19.1. The molecule has 13 rings (SSSR count). The maximum Gasteiger partial charge on any atom is 0.264 e. The zero-order valence-corrected chi connectivity index (χ0v) is 47.4. The summed E-state index contributed by atoms with van der Waals surface area (Å²) in [7, 11) is 0. The summed E-state index contributed by atoms with van der Waals surface area (Å²) in [5.41, 5.74) is 23.1. The van der Waals surface area contributed by atoms with Crippen LogP contribution in [0.3, 0.4) is 0 Å². The highest BCUT2D eigenvalue weighted by Gasteiger charge is 2.46. The molecule has 5 heteroatoms. The Labute approximate surface area is 466 Å². The fourth-order valence-corrected chi connectivity index (χ4v) is 13.6. The summed E-state index contributed by atoms with van der Waals surface area (Å²) in [5.74, 6) is 0. The Kier molecular flexibility index (Phi) is 11.7. The molecular weight excluding hydrogens is 962 g/mol. The Morgan fingerprint density at radius 3 is 1.69 bits per heavy atom. The molecule has 1 aromatic heterocycles. The van der Waals surface area contributed by atoms with E-state index in [1.165, 1.54) is 110 Å². The Balaban J connectivity index is 1.14. The summed E-state index contributed by atoms with van der Waals surface area (Å²) in [4.78, 5) is 7.75. The van der Waals surface area contributed by atoms with Crippen molar-refractivity contribution in [3.05, 3.63) is 241 Å². The molecule has 0 saturated heterocycles. The maximum absolute atomic E-state index is 2.64. The number of hydrogen-bond donors (Lipinski definition) is 0. The van der Waals surface area contributed by atoms with Gasteiger partial charge < -0.3 is 14.7 Å². The number of nitrogens with zero attached hydrogens (tertiary/aromatic N) is 3. The number of benzene rings is 10. The number of para-hydroxylation sites is 1. The SMILES string of the molecule is Cc1cc2c3c(c1)N(c1ccc(C(C)(C)C)cc1)c1c(sc4ccc(C(C)(C)C)cc14)B3c1ccc(N(c3ccc(C(C)(C)C)cc3)c3ccccc3-c3ccccc3)cc1N2c1ccc2ccccc2c1-c1ccccc1. The largest absolute Gasteiger partial charge is 0.311 e. The minimum absolute atomic E-state index is 0.00351. The van der Waals surface area contributed by atoms with Crippen LogP contribution in [0.15, 0.2) is 218 Å². The molecule has 0 saturated carbocycles. The molecule has 0 fully saturated rings. The van der Waals surface area contributed by atoms with Gasteiger partial charge in [-0.15, -0.1) is 11.3 Å². The van der Waals surface area contributed by atoms with Gasteiger partial charge in [-0.2, -0.15) is 0 Å². The van der Waals surface area contributed by atoms with Gasteiger partial charge in [-0.3, -0.25) is 0 Å². The molecule has 3 nitrogen and oxygen atoms in total. The summed E-state index contributed by atoms with van der Waals surface area (Å²) in [6.07, 6.45) is 0. The van der Waals surface area contributed by atoms with Crippen molar-refractivity contribution in [2.75, 3.05) is 14.7 Å². The summed E-state index contributed by atoms with van der Waals surface area (Å²) in [6.45, 7) is 23.0. The first kappa shape index (κ1) is 49.5. The molecule has 10 aromatic carbocycles. The molecule has 2 aliphatic heterocycles. The fourth-order valence-electron chi connectivity index (χ4n) is 12.3. The van der Waals surface area contributed by atoms with Gasteiger partial charge in [0.1, 0.15) is 0 Å². The van der Waals surface area contributed by atoms with Gasteiger partial charge >= 0.3 is 0 Å². The van der Waals surface area contributed by atoms with Gasteiger partial charge in [0.25, 0.3) is 6.71 Å². The molecule has 0 amide bonds. The molecule has 3 heterocycles. The van der Waals surface area contributed by atoms with Gasteiger partial charge in [0.2, 0.25) is 0 Å². The Morgan fingerprint density at radius 2 is 1.01 bits per heavy atom. The summed E-state index contributed by atoms with van der Waals surface area (Å²) >= 11 is 1.97. The number of aryl methyl sites for hydroxylation is 1. The van der Waals surface area contributed by atoms with Gasteiger partial charge in [-0.05, 0) is 151 Å². The van der Waals surface area contributed by atoms with Crippen LogP contribution in [0.4, 0.5) is 51.2 Å². The third-order valence-corrected chi connectivity index (χ3v) is 17.6. The van der Waals surface area contributed by atoms with Crippen molar-refractivity contribution >= 4 is 106 Å². The van der Waals surface area contributed by atoms with Crippen LogP contribution >= 0.6 is 11.3 Å². The molecule has 0 unspecified atom stereocenters. The van der Waals surface area contributed by atoms with Crippen LogP contribution in [0.5, 0.6) is 0 Å². The van der Waals surface area contributed by atoms with Crippen LogP contribution in [-0.2, 0) is 16.2 Å². The maximum atomic E-state index is 2.64. The first-order chi connectivity index (χ1) is 37.5. The van der Waals surface area contributed by atoms with Gasteiger partial charge in [0.05, 0.1) is 17.1 Å². The van der Waals surface area contributed by atoms with Crippen LogP contribution in [0.2, 0.25) is 0 Å². The van der Waals surface area contributed by atoms with Gasteiger partial charge in [-0.25, -0.2) is 0 Å². The van der Waals surface area contributed by atoms with Crippen molar-refractivity contribution in [1.29, 1.82) is 0 Å². The van der Waals surface area contributed by atoms with Crippen LogP contribution in [0.25, 0.3) is 43.1 Å². The Morgan fingerprint density at radius 1 is 0.436 bits per heavy atom.